The fourth-order valence-electron chi connectivity index (χ4n) is 2.72. The summed E-state index contributed by atoms with van der Waals surface area (Å²) < 4.78 is 41.9. The zero-order chi connectivity index (χ0) is 18.7. The van der Waals surface area contributed by atoms with Crippen molar-refractivity contribution in [2.45, 2.75) is 31.7 Å². The molecule has 0 unspecified atom stereocenters. The largest absolute Gasteiger partial charge is 0.434 e. The number of hydrogen-bond donors (Lipinski definition) is 2. The van der Waals surface area contributed by atoms with Gasteiger partial charge in [-0.15, -0.1) is 11.3 Å². The molecule has 6 nitrogen and oxygen atoms in total. The summed E-state index contributed by atoms with van der Waals surface area (Å²) >= 11 is 2.49. The van der Waals surface area contributed by atoms with Gasteiger partial charge in [0, 0.05) is 25.3 Å². The van der Waals surface area contributed by atoms with Gasteiger partial charge >= 0.3 is 6.18 Å². The smallest absolute Gasteiger partial charge is 0.389 e. The number of thiazole rings is 1. The molecule has 0 aliphatic carbocycles. The normalized spacial score (nSPS) is 16.8. The summed E-state index contributed by atoms with van der Waals surface area (Å²) in [5.41, 5.74) is -0.877. The Morgan fingerprint density at radius 3 is 2.69 bits per heavy atom. The molecule has 1 aliphatic rings. The minimum absolute atomic E-state index is 0.00452. The number of nitrogens with one attached hydrogen (secondary N) is 1. The summed E-state index contributed by atoms with van der Waals surface area (Å²) in [5, 5.41) is 12.3. The van der Waals surface area contributed by atoms with Gasteiger partial charge in [0.15, 0.2) is 5.69 Å². The maximum Gasteiger partial charge on any atom is 0.434 e. The Labute approximate surface area is 157 Å². The lowest BCUT2D eigenvalue weighted by atomic mass is 10.1. The highest BCUT2D eigenvalue weighted by Gasteiger charge is 2.38. The number of nitrogens with zero attached hydrogens (tertiary/aromatic N) is 4. The summed E-state index contributed by atoms with van der Waals surface area (Å²) in [6.07, 6.45) is 0.686. The van der Waals surface area contributed by atoms with Crippen LogP contribution < -0.4 is 5.32 Å². The van der Waals surface area contributed by atoms with E-state index in [9.17, 15) is 13.2 Å². The molecule has 0 bridgehead atoms. The number of aliphatic hydroxyl groups excluding tert-OH is 1. The summed E-state index contributed by atoms with van der Waals surface area (Å²) in [5.74, 6) is 0.303. The number of aliphatic hydroxyl groups is 1. The molecular formula is C15H18F3N5OS2. The van der Waals surface area contributed by atoms with Crippen LogP contribution in [0.15, 0.2) is 12.3 Å². The number of aromatic nitrogens is 3. The third kappa shape index (κ3) is 4.45. The van der Waals surface area contributed by atoms with Crippen molar-refractivity contribution in [1.29, 1.82) is 0 Å². The third-order valence-corrected chi connectivity index (χ3v) is 5.95. The van der Waals surface area contributed by atoms with Gasteiger partial charge in [-0.2, -0.15) is 13.2 Å². The molecule has 0 spiro atoms. The predicted molar refractivity (Wildman–Crippen MR) is 95.8 cm³/mol. The number of rotatable bonds is 5. The van der Waals surface area contributed by atoms with E-state index in [0.717, 1.165) is 37.3 Å². The number of alkyl halides is 3. The quantitative estimate of drug-likeness (QED) is 0.740. The van der Waals surface area contributed by atoms with Gasteiger partial charge < -0.3 is 10.4 Å². The molecule has 2 aromatic heterocycles. The van der Waals surface area contributed by atoms with E-state index in [-0.39, 0.29) is 21.6 Å². The molecule has 2 aromatic rings. The van der Waals surface area contributed by atoms with Crippen molar-refractivity contribution >= 4 is 29.2 Å². The lowest BCUT2D eigenvalue weighted by Gasteiger charge is -2.30. The third-order valence-electron chi connectivity index (χ3n) is 4.01. The Kier molecular flexibility index (Phi) is 6.00. The molecule has 0 radical (unpaired) electrons. The first-order valence-electron chi connectivity index (χ1n) is 7.97. The highest BCUT2D eigenvalue weighted by atomic mass is 32.2. The van der Waals surface area contributed by atoms with Crippen LogP contribution in [0, 0.1) is 0 Å². The number of halogens is 3. The van der Waals surface area contributed by atoms with Crippen LogP contribution in [0.2, 0.25) is 0 Å². The maximum atomic E-state index is 13.2. The lowest BCUT2D eigenvalue weighted by Crippen LogP contribution is -2.35. The van der Waals surface area contributed by atoms with Crippen molar-refractivity contribution in [3.8, 4) is 10.6 Å². The van der Waals surface area contributed by atoms with E-state index < -0.39 is 18.5 Å². The molecule has 26 heavy (non-hydrogen) atoms. The highest BCUT2D eigenvalue weighted by Crippen LogP contribution is 2.39. The van der Waals surface area contributed by atoms with Gasteiger partial charge in [0.25, 0.3) is 0 Å². The number of piperidine rings is 1. The molecule has 0 amide bonds. The molecule has 0 aromatic carbocycles. The second-order valence-corrected chi connectivity index (χ2v) is 7.70. The van der Waals surface area contributed by atoms with Crippen molar-refractivity contribution in [2.24, 2.45) is 0 Å². The van der Waals surface area contributed by atoms with Crippen molar-refractivity contribution in [1.82, 2.24) is 19.3 Å². The van der Waals surface area contributed by atoms with Gasteiger partial charge in [-0.25, -0.2) is 15.0 Å². The molecule has 142 valence electrons. The minimum Gasteiger partial charge on any atom is -0.389 e. The monoisotopic (exact) mass is 405 g/mol. The second kappa shape index (κ2) is 8.07. The Balaban J connectivity index is 1.81. The SMILES string of the molecule is CSN1CCC(Nc2nccc(-c3sc(CO)nc3C(F)(F)F)n2)CC1. The summed E-state index contributed by atoms with van der Waals surface area (Å²) in [4.78, 5) is 11.8. The topological polar surface area (TPSA) is 74.2 Å². The minimum atomic E-state index is -4.61. The van der Waals surface area contributed by atoms with E-state index in [1.165, 1.54) is 12.3 Å². The van der Waals surface area contributed by atoms with Crippen LogP contribution in [0.3, 0.4) is 0 Å². The molecule has 2 N–H and O–H groups in total. The van der Waals surface area contributed by atoms with Crippen molar-refractivity contribution in [3.05, 3.63) is 23.0 Å². The van der Waals surface area contributed by atoms with Crippen LogP contribution in [0.4, 0.5) is 19.1 Å². The van der Waals surface area contributed by atoms with Crippen LogP contribution in [0.5, 0.6) is 0 Å². The van der Waals surface area contributed by atoms with E-state index in [2.05, 4.69) is 24.6 Å². The van der Waals surface area contributed by atoms with Gasteiger partial charge in [0.2, 0.25) is 5.95 Å². The first-order chi connectivity index (χ1) is 12.4. The number of hydrogen-bond acceptors (Lipinski definition) is 8. The molecule has 3 heterocycles. The average molecular weight is 405 g/mol. The van der Waals surface area contributed by atoms with Gasteiger partial charge in [-0.1, -0.05) is 11.9 Å². The maximum absolute atomic E-state index is 13.2. The first-order valence-corrected chi connectivity index (χ1v) is 9.97. The van der Waals surface area contributed by atoms with Crippen LogP contribution in [-0.4, -0.2) is 49.8 Å². The second-order valence-electron chi connectivity index (χ2n) is 5.74. The van der Waals surface area contributed by atoms with E-state index >= 15 is 0 Å². The Morgan fingerprint density at radius 2 is 2.08 bits per heavy atom. The Bertz CT molecular complexity index is 747. The molecule has 0 saturated carbocycles. The first kappa shape index (κ1) is 19.3. The molecule has 1 aliphatic heterocycles. The van der Waals surface area contributed by atoms with E-state index in [0.29, 0.717) is 5.95 Å². The highest BCUT2D eigenvalue weighted by molar-refractivity contribution is 7.96. The van der Waals surface area contributed by atoms with Crippen molar-refractivity contribution in [2.75, 3.05) is 24.7 Å². The zero-order valence-corrected chi connectivity index (χ0v) is 15.6. The standard InChI is InChI=1S/C15H18F3N5OS2/c1-25-23-6-3-9(4-7-23)20-14-19-5-2-10(21-14)12-13(15(16,17)18)22-11(8-24)26-12/h2,5,9,24H,3-4,6-8H2,1H3,(H,19,20,21). The summed E-state index contributed by atoms with van der Waals surface area (Å²) in [6, 6.07) is 1.61. The fourth-order valence-corrected chi connectivity index (χ4v) is 4.21. The predicted octanol–water partition coefficient (Wildman–Crippen LogP) is 3.27. The van der Waals surface area contributed by atoms with Crippen LogP contribution in [-0.2, 0) is 12.8 Å². The molecule has 1 fully saturated rings. The number of anilines is 1. The molecular weight excluding hydrogens is 387 g/mol. The van der Waals surface area contributed by atoms with Gasteiger partial charge in [0.1, 0.15) is 5.01 Å². The summed E-state index contributed by atoms with van der Waals surface area (Å²) in [6.45, 7) is 1.33. The van der Waals surface area contributed by atoms with Gasteiger partial charge in [-0.05, 0) is 25.2 Å². The van der Waals surface area contributed by atoms with E-state index in [1.807, 2.05) is 6.26 Å². The molecule has 11 heteroatoms. The van der Waals surface area contributed by atoms with Gasteiger partial charge in [-0.3, -0.25) is 4.31 Å². The van der Waals surface area contributed by atoms with Crippen LogP contribution in [0.25, 0.3) is 10.6 Å². The van der Waals surface area contributed by atoms with Crippen LogP contribution >= 0.6 is 23.3 Å². The van der Waals surface area contributed by atoms with Gasteiger partial charge in [0.05, 0.1) is 17.2 Å². The average Bonchev–Trinajstić information content (AvgIpc) is 3.08. The molecule has 1 saturated heterocycles. The van der Waals surface area contributed by atoms with Crippen molar-refractivity contribution < 1.29 is 18.3 Å². The zero-order valence-electron chi connectivity index (χ0n) is 14.0. The Hall–Kier alpha value is -1.43. The fraction of sp³-hybridized carbons (Fsp3) is 0.533. The lowest BCUT2D eigenvalue weighted by molar-refractivity contribution is -0.140. The Morgan fingerprint density at radius 1 is 1.35 bits per heavy atom. The van der Waals surface area contributed by atoms with Crippen LogP contribution in [0.1, 0.15) is 23.5 Å². The molecule has 0 atom stereocenters. The van der Waals surface area contributed by atoms with E-state index in [1.54, 1.807) is 11.9 Å². The molecule has 3 rings (SSSR count). The van der Waals surface area contributed by atoms with Crippen molar-refractivity contribution in [3.63, 3.8) is 0 Å². The summed E-state index contributed by atoms with van der Waals surface area (Å²) in [7, 11) is 0. The van der Waals surface area contributed by atoms with E-state index in [4.69, 9.17) is 5.11 Å².